The number of thioether (sulfide) groups is 1. The third kappa shape index (κ3) is 5.76. The van der Waals surface area contributed by atoms with Crippen LogP contribution in [0.25, 0.3) is 0 Å². The quantitative estimate of drug-likeness (QED) is 0.295. The molecule has 42 heavy (non-hydrogen) atoms. The molecule has 3 aromatic carbocycles. The lowest BCUT2D eigenvalue weighted by molar-refractivity contribution is -0.167. The maximum Gasteiger partial charge on any atom is 0.356 e. The van der Waals surface area contributed by atoms with Crippen LogP contribution in [0.3, 0.4) is 0 Å². The summed E-state index contributed by atoms with van der Waals surface area (Å²) in [6.45, 7) is 0.546. The SMILES string of the molecule is CN1OC(=O)CC1C=CC1=C(C(=O)OC(c2ccccc2)c2ccccc2)N2C(=O)C(NCc3ccccc3)C2SC1. The van der Waals surface area contributed by atoms with E-state index < -0.39 is 18.1 Å². The Morgan fingerprint density at radius 3 is 2.21 bits per heavy atom. The highest BCUT2D eigenvalue weighted by molar-refractivity contribution is 8.00. The van der Waals surface area contributed by atoms with Crippen LogP contribution >= 0.6 is 11.8 Å². The van der Waals surface area contributed by atoms with Crippen LogP contribution in [0.2, 0.25) is 0 Å². The minimum atomic E-state index is -0.652. The van der Waals surface area contributed by atoms with Gasteiger partial charge in [-0.25, -0.2) is 4.79 Å². The zero-order valence-electron chi connectivity index (χ0n) is 23.1. The van der Waals surface area contributed by atoms with E-state index in [1.807, 2.05) is 103 Å². The van der Waals surface area contributed by atoms with Gasteiger partial charge in [-0.05, 0) is 22.3 Å². The average Bonchev–Trinajstić information content (AvgIpc) is 3.35. The Balaban J connectivity index is 1.30. The summed E-state index contributed by atoms with van der Waals surface area (Å²) in [7, 11) is 1.70. The second kappa shape index (κ2) is 12.4. The van der Waals surface area contributed by atoms with Gasteiger partial charge in [0, 0.05) is 19.3 Å². The first kappa shape index (κ1) is 28.0. The Morgan fingerprint density at radius 1 is 1.00 bits per heavy atom. The molecule has 6 rings (SSSR count). The zero-order chi connectivity index (χ0) is 29.1. The number of rotatable bonds is 9. The minimum Gasteiger partial charge on any atom is -0.448 e. The summed E-state index contributed by atoms with van der Waals surface area (Å²) in [6.07, 6.45) is 3.23. The fraction of sp³-hybridized carbons (Fsp3) is 0.242. The average molecular weight is 582 g/mol. The van der Waals surface area contributed by atoms with Gasteiger partial charge in [-0.15, -0.1) is 16.8 Å². The van der Waals surface area contributed by atoms with Crippen LogP contribution < -0.4 is 5.32 Å². The fourth-order valence-corrected chi connectivity index (χ4v) is 6.71. The van der Waals surface area contributed by atoms with Crippen molar-refractivity contribution in [3.05, 3.63) is 131 Å². The van der Waals surface area contributed by atoms with Gasteiger partial charge < -0.3 is 9.57 Å². The molecule has 3 heterocycles. The lowest BCUT2D eigenvalue weighted by Gasteiger charge is -2.50. The minimum absolute atomic E-state index is 0.173. The Kier molecular flexibility index (Phi) is 8.23. The van der Waals surface area contributed by atoms with Crippen LogP contribution in [0.15, 0.2) is 114 Å². The predicted octanol–water partition coefficient (Wildman–Crippen LogP) is 4.37. The molecule has 3 aromatic rings. The van der Waals surface area contributed by atoms with Gasteiger partial charge in [-0.3, -0.25) is 19.8 Å². The van der Waals surface area contributed by atoms with Gasteiger partial charge in [0.15, 0.2) is 6.10 Å². The monoisotopic (exact) mass is 581 g/mol. The third-order valence-corrected chi connectivity index (χ3v) is 8.90. The Labute approximate surface area is 248 Å². The number of allylic oxidation sites excluding steroid dienone is 1. The van der Waals surface area contributed by atoms with Gasteiger partial charge in [-0.2, -0.15) is 0 Å². The summed E-state index contributed by atoms with van der Waals surface area (Å²) >= 11 is 1.60. The summed E-state index contributed by atoms with van der Waals surface area (Å²) in [6, 6.07) is 28.4. The van der Waals surface area contributed by atoms with E-state index in [4.69, 9.17) is 9.57 Å². The number of carbonyl (C=O) groups excluding carboxylic acids is 3. The number of β-lactam (4-membered cyclic amide) rings is 1. The van der Waals surface area contributed by atoms with Gasteiger partial charge in [0.05, 0.1) is 12.5 Å². The summed E-state index contributed by atoms with van der Waals surface area (Å²) in [5.74, 6) is -0.545. The highest BCUT2D eigenvalue weighted by Gasteiger charge is 2.53. The van der Waals surface area contributed by atoms with Crippen molar-refractivity contribution in [1.29, 1.82) is 0 Å². The van der Waals surface area contributed by atoms with Crippen LogP contribution in [-0.2, 0) is 30.5 Å². The summed E-state index contributed by atoms with van der Waals surface area (Å²) in [5, 5.41) is 4.62. The van der Waals surface area contributed by atoms with Crippen LogP contribution in [0.1, 0.15) is 29.2 Å². The van der Waals surface area contributed by atoms with Crippen molar-refractivity contribution in [2.75, 3.05) is 12.8 Å². The molecule has 2 saturated heterocycles. The molecular weight excluding hydrogens is 550 g/mol. The third-order valence-electron chi connectivity index (χ3n) is 7.60. The molecule has 3 aliphatic heterocycles. The summed E-state index contributed by atoms with van der Waals surface area (Å²) < 4.78 is 6.22. The van der Waals surface area contributed by atoms with Crippen LogP contribution in [0.4, 0.5) is 0 Å². The van der Waals surface area contributed by atoms with Crippen LogP contribution in [0, 0.1) is 0 Å². The number of amides is 1. The highest BCUT2D eigenvalue weighted by Crippen LogP contribution is 2.42. The van der Waals surface area contributed by atoms with Crippen LogP contribution in [-0.4, -0.2) is 58.1 Å². The lowest BCUT2D eigenvalue weighted by Crippen LogP contribution is -2.69. The Hall–Kier alpha value is -4.18. The molecule has 0 aliphatic carbocycles. The molecule has 2 fully saturated rings. The molecule has 3 aliphatic rings. The van der Waals surface area contributed by atoms with Crippen LogP contribution in [0.5, 0.6) is 0 Å². The topological polar surface area (TPSA) is 88.2 Å². The molecule has 1 N–H and O–H groups in total. The van der Waals surface area contributed by atoms with Crippen molar-refractivity contribution in [3.8, 4) is 0 Å². The molecule has 3 atom stereocenters. The fourth-order valence-electron chi connectivity index (χ4n) is 5.37. The van der Waals surface area contributed by atoms with E-state index in [0.29, 0.717) is 17.9 Å². The number of esters is 1. The molecule has 0 saturated carbocycles. The lowest BCUT2D eigenvalue weighted by atomic mass is 10.00. The van der Waals surface area contributed by atoms with Crippen molar-refractivity contribution >= 4 is 29.6 Å². The molecule has 1 amide bonds. The van der Waals surface area contributed by atoms with E-state index >= 15 is 0 Å². The van der Waals surface area contributed by atoms with E-state index in [1.165, 1.54) is 5.06 Å². The number of benzene rings is 3. The van der Waals surface area contributed by atoms with E-state index in [0.717, 1.165) is 16.7 Å². The Bertz CT molecular complexity index is 1470. The molecule has 0 bridgehead atoms. The second-order valence-corrected chi connectivity index (χ2v) is 11.5. The van der Waals surface area contributed by atoms with Gasteiger partial charge in [0.2, 0.25) is 5.91 Å². The summed E-state index contributed by atoms with van der Waals surface area (Å²) in [5.41, 5.74) is 3.65. The number of fused-ring (bicyclic) bond motifs is 1. The van der Waals surface area contributed by atoms with E-state index in [1.54, 1.807) is 23.7 Å². The normalized spacial score (nSPS) is 22.3. The maximum absolute atomic E-state index is 14.1. The number of nitrogens with one attached hydrogen (secondary N) is 1. The first-order valence-corrected chi connectivity index (χ1v) is 14.9. The largest absolute Gasteiger partial charge is 0.448 e. The Morgan fingerprint density at radius 2 is 1.62 bits per heavy atom. The molecule has 0 spiro atoms. The first-order chi connectivity index (χ1) is 20.5. The van der Waals surface area contributed by atoms with Crippen molar-refractivity contribution < 1.29 is 24.0 Å². The van der Waals surface area contributed by atoms with Gasteiger partial charge in [0.1, 0.15) is 17.1 Å². The maximum atomic E-state index is 14.1. The van der Waals surface area contributed by atoms with Gasteiger partial charge >= 0.3 is 11.9 Å². The number of hydrogen-bond acceptors (Lipinski definition) is 8. The van der Waals surface area contributed by atoms with Crippen molar-refractivity contribution in [2.45, 2.75) is 36.5 Å². The molecule has 0 aromatic heterocycles. The number of carbonyl (C=O) groups is 3. The van der Waals surface area contributed by atoms with Crippen molar-refractivity contribution in [3.63, 3.8) is 0 Å². The second-order valence-electron chi connectivity index (χ2n) is 10.4. The number of ether oxygens (including phenoxy) is 1. The first-order valence-electron chi connectivity index (χ1n) is 13.9. The number of likely N-dealkylation sites (N-methyl/N-ethyl adjacent to an activating group) is 1. The summed E-state index contributed by atoms with van der Waals surface area (Å²) in [4.78, 5) is 46.1. The van der Waals surface area contributed by atoms with E-state index in [2.05, 4.69) is 5.32 Å². The number of nitrogens with zero attached hydrogens (tertiary/aromatic N) is 2. The van der Waals surface area contributed by atoms with E-state index in [-0.39, 0.29) is 35.4 Å². The van der Waals surface area contributed by atoms with Gasteiger partial charge in [-0.1, -0.05) is 103 Å². The smallest absolute Gasteiger partial charge is 0.356 e. The number of hydrogen-bond donors (Lipinski definition) is 1. The zero-order valence-corrected chi connectivity index (χ0v) is 23.9. The molecule has 0 radical (unpaired) electrons. The number of hydroxylamine groups is 2. The van der Waals surface area contributed by atoms with Gasteiger partial charge in [0.25, 0.3) is 0 Å². The van der Waals surface area contributed by atoms with E-state index in [9.17, 15) is 14.4 Å². The highest BCUT2D eigenvalue weighted by atomic mass is 32.2. The molecule has 9 heteroatoms. The predicted molar refractivity (Wildman–Crippen MR) is 159 cm³/mol. The van der Waals surface area contributed by atoms with Crippen molar-refractivity contribution in [2.24, 2.45) is 0 Å². The molecule has 8 nitrogen and oxygen atoms in total. The molecular formula is C33H31N3O5S. The standard InChI is InChI=1S/C33H31N3O5S/c1-35-26(19-27(37)41-35)18-17-25-21-42-32-28(34-20-22-11-5-2-6-12-22)31(38)36(32)29(25)33(39)40-30(23-13-7-3-8-14-23)24-15-9-4-10-16-24/h2-18,26,28,30,32,34H,19-21H2,1H3. The molecule has 3 unspecified atom stereocenters. The molecule has 214 valence electrons. The van der Waals surface area contributed by atoms with Crippen molar-refractivity contribution in [1.82, 2.24) is 15.3 Å².